The molecule has 0 radical (unpaired) electrons. The highest BCUT2D eigenvalue weighted by atomic mass is 19.4. The van der Waals surface area contributed by atoms with Gasteiger partial charge in [-0.05, 0) is 61.7 Å². The molecular weight excluding hydrogens is 365 g/mol. The highest BCUT2D eigenvalue weighted by Gasteiger charge is 2.31. The first kappa shape index (κ1) is 18.6. The zero-order valence-corrected chi connectivity index (χ0v) is 15.5. The number of hydrogen-bond acceptors (Lipinski definition) is 2. The number of fused-ring (bicyclic) bond motifs is 2. The van der Waals surface area contributed by atoms with Crippen LogP contribution in [-0.4, -0.2) is 21.1 Å². The molecule has 2 heterocycles. The van der Waals surface area contributed by atoms with Gasteiger partial charge >= 0.3 is 6.18 Å². The van der Waals surface area contributed by atoms with E-state index in [1.807, 2.05) is 35.9 Å². The summed E-state index contributed by atoms with van der Waals surface area (Å²) >= 11 is 0. The number of aromatic nitrogens is 3. The molecule has 4 aromatic rings. The van der Waals surface area contributed by atoms with Crippen molar-refractivity contribution in [3.63, 3.8) is 0 Å². The van der Waals surface area contributed by atoms with E-state index in [-0.39, 0.29) is 0 Å². The smallest absolute Gasteiger partial charge is 0.352 e. The van der Waals surface area contributed by atoms with E-state index in [0.29, 0.717) is 29.7 Å². The van der Waals surface area contributed by atoms with Crippen molar-refractivity contribution in [3.8, 4) is 11.5 Å². The summed E-state index contributed by atoms with van der Waals surface area (Å²) in [6.45, 7) is 0.553. The van der Waals surface area contributed by atoms with Gasteiger partial charge in [-0.2, -0.15) is 13.2 Å². The lowest BCUT2D eigenvalue weighted by molar-refractivity contribution is -0.137. The van der Waals surface area contributed by atoms with E-state index in [1.54, 1.807) is 0 Å². The lowest BCUT2D eigenvalue weighted by Crippen LogP contribution is -2.04. The Morgan fingerprint density at radius 2 is 1.89 bits per heavy atom. The van der Waals surface area contributed by atoms with Gasteiger partial charge in [0.25, 0.3) is 0 Å². The Kier molecular flexibility index (Phi) is 4.63. The quantitative estimate of drug-likeness (QED) is 0.473. The molecule has 0 saturated carbocycles. The predicted octanol–water partition coefficient (Wildman–Crippen LogP) is 5.02. The van der Waals surface area contributed by atoms with E-state index in [4.69, 9.17) is 10.7 Å². The van der Waals surface area contributed by atoms with Gasteiger partial charge in [0.05, 0.1) is 22.3 Å². The Labute approximate surface area is 160 Å². The number of rotatable bonds is 5. The van der Waals surface area contributed by atoms with Gasteiger partial charge in [0.15, 0.2) is 5.82 Å². The molecule has 3 N–H and O–H groups in total. The van der Waals surface area contributed by atoms with Gasteiger partial charge in [0.2, 0.25) is 0 Å². The number of nitrogens with zero attached hydrogens (tertiary/aromatic N) is 2. The Bertz CT molecular complexity index is 1140. The summed E-state index contributed by atoms with van der Waals surface area (Å²) in [5, 5.41) is 0.592. The number of imidazole rings is 1. The molecule has 28 heavy (non-hydrogen) atoms. The summed E-state index contributed by atoms with van der Waals surface area (Å²) in [5.74, 6) is 0.716. The third-order valence-electron chi connectivity index (χ3n) is 5.13. The Morgan fingerprint density at radius 3 is 2.61 bits per heavy atom. The topological polar surface area (TPSA) is 59.6 Å². The maximum Gasteiger partial charge on any atom is 0.416 e. The number of aromatic amines is 1. The number of H-pyrrole nitrogens is 1. The number of aryl methyl sites for hydroxylation is 2. The van der Waals surface area contributed by atoms with Crippen molar-refractivity contribution in [2.75, 3.05) is 6.54 Å². The molecule has 0 atom stereocenters. The molecule has 4 rings (SSSR count). The summed E-state index contributed by atoms with van der Waals surface area (Å²) in [5.41, 5.74) is 9.09. The fourth-order valence-electron chi connectivity index (χ4n) is 3.69. The number of halogens is 3. The van der Waals surface area contributed by atoms with Gasteiger partial charge in [0, 0.05) is 18.0 Å². The molecule has 7 heteroatoms. The van der Waals surface area contributed by atoms with Gasteiger partial charge in [-0.3, -0.25) is 0 Å². The number of alkyl halides is 3. The van der Waals surface area contributed by atoms with E-state index >= 15 is 0 Å². The van der Waals surface area contributed by atoms with Crippen LogP contribution >= 0.6 is 0 Å². The van der Waals surface area contributed by atoms with Crippen LogP contribution < -0.4 is 5.73 Å². The number of nitrogens with two attached hydrogens (primary N) is 1. The molecule has 0 aliphatic carbocycles. The minimum atomic E-state index is -4.38. The largest absolute Gasteiger partial charge is 0.416 e. The second-order valence-corrected chi connectivity index (χ2v) is 6.97. The van der Waals surface area contributed by atoms with Crippen LogP contribution in [-0.2, 0) is 19.6 Å². The first-order valence-corrected chi connectivity index (χ1v) is 9.24. The zero-order valence-electron chi connectivity index (χ0n) is 15.5. The Hall–Kier alpha value is -2.80. The number of nitrogens with one attached hydrogen (secondary N) is 1. The normalized spacial score (nSPS) is 12.3. The molecule has 0 aliphatic rings. The zero-order chi connectivity index (χ0) is 19.9. The average Bonchev–Trinajstić information content (AvgIpc) is 3.19. The SMILES string of the molecule is Cn1c(-c2[nH]c3ccc(C(F)(F)F)cc3c2CCCCN)nc2ccccc21. The van der Waals surface area contributed by atoms with Gasteiger partial charge in [-0.25, -0.2) is 4.98 Å². The summed E-state index contributed by atoms with van der Waals surface area (Å²) in [6, 6.07) is 11.6. The van der Waals surface area contributed by atoms with E-state index in [9.17, 15) is 13.2 Å². The van der Waals surface area contributed by atoms with Crippen LogP contribution in [0.5, 0.6) is 0 Å². The fourth-order valence-corrected chi connectivity index (χ4v) is 3.69. The number of para-hydroxylation sites is 2. The van der Waals surface area contributed by atoms with Crippen LogP contribution in [0, 0.1) is 0 Å². The number of hydrogen-bond donors (Lipinski definition) is 2. The van der Waals surface area contributed by atoms with Crippen LogP contribution in [0.15, 0.2) is 42.5 Å². The minimum Gasteiger partial charge on any atom is -0.352 e. The van der Waals surface area contributed by atoms with E-state index in [0.717, 1.165) is 41.2 Å². The molecule has 4 nitrogen and oxygen atoms in total. The predicted molar refractivity (Wildman–Crippen MR) is 105 cm³/mol. The lowest BCUT2D eigenvalue weighted by Gasteiger charge is -2.08. The van der Waals surface area contributed by atoms with Crippen LogP contribution in [0.2, 0.25) is 0 Å². The molecule has 0 amide bonds. The van der Waals surface area contributed by atoms with E-state index in [1.165, 1.54) is 12.1 Å². The molecule has 0 fully saturated rings. The Balaban J connectivity index is 1.93. The second kappa shape index (κ2) is 6.98. The van der Waals surface area contributed by atoms with Gasteiger partial charge < -0.3 is 15.3 Å². The molecule has 0 aliphatic heterocycles. The third-order valence-corrected chi connectivity index (χ3v) is 5.13. The van der Waals surface area contributed by atoms with Crippen LogP contribution in [0.4, 0.5) is 13.2 Å². The van der Waals surface area contributed by atoms with Crippen LogP contribution in [0.25, 0.3) is 33.5 Å². The van der Waals surface area contributed by atoms with Crippen LogP contribution in [0.3, 0.4) is 0 Å². The first-order chi connectivity index (χ1) is 13.4. The summed E-state index contributed by atoms with van der Waals surface area (Å²) in [6.07, 6.45) is -2.13. The molecule has 0 spiro atoms. The van der Waals surface area contributed by atoms with Crippen molar-refractivity contribution in [2.24, 2.45) is 12.8 Å². The van der Waals surface area contributed by atoms with E-state index in [2.05, 4.69) is 4.98 Å². The van der Waals surface area contributed by atoms with Crippen molar-refractivity contribution >= 4 is 21.9 Å². The summed E-state index contributed by atoms with van der Waals surface area (Å²) in [4.78, 5) is 8.03. The number of unbranched alkanes of at least 4 members (excludes halogenated alkanes) is 1. The van der Waals surface area contributed by atoms with Gasteiger partial charge in [0.1, 0.15) is 0 Å². The highest BCUT2D eigenvalue weighted by Crippen LogP contribution is 2.36. The standard InChI is InChI=1S/C21H21F3N4/c1-28-18-8-3-2-7-17(18)27-20(28)19-14(6-4-5-11-25)15-12-13(21(22,23)24)9-10-16(15)26-19/h2-3,7-10,12,26H,4-6,11,25H2,1H3. The molecule has 0 saturated heterocycles. The molecule has 146 valence electrons. The summed E-state index contributed by atoms with van der Waals surface area (Å²) in [7, 11) is 1.92. The van der Waals surface area contributed by atoms with Gasteiger partial charge in [-0.15, -0.1) is 0 Å². The lowest BCUT2D eigenvalue weighted by atomic mass is 10.0. The molecular formula is C21H21F3N4. The minimum absolute atomic E-state index is 0.553. The summed E-state index contributed by atoms with van der Waals surface area (Å²) < 4.78 is 41.7. The fraction of sp³-hybridized carbons (Fsp3) is 0.286. The highest BCUT2D eigenvalue weighted by molar-refractivity contribution is 5.92. The van der Waals surface area contributed by atoms with Crippen molar-refractivity contribution < 1.29 is 13.2 Å². The second-order valence-electron chi connectivity index (χ2n) is 6.97. The molecule has 2 aromatic heterocycles. The third kappa shape index (κ3) is 3.16. The molecule has 0 unspecified atom stereocenters. The van der Waals surface area contributed by atoms with Gasteiger partial charge in [-0.1, -0.05) is 12.1 Å². The first-order valence-electron chi connectivity index (χ1n) is 9.24. The Morgan fingerprint density at radius 1 is 1.11 bits per heavy atom. The van der Waals surface area contributed by atoms with Crippen molar-refractivity contribution in [3.05, 3.63) is 53.6 Å². The van der Waals surface area contributed by atoms with Crippen molar-refractivity contribution in [2.45, 2.75) is 25.4 Å². The van der Waals surface area contributed by atoms with Crippen molar-refractivity contribution in [1.82, 2.24) is 14.5 Å². The molecule has 0 bridgehead atoms. The maximum absolute atomic E-state index is 13.2. The number of benzene rings is 2. The van der Waals surface area contributed by atoms with Crippen molar-refractivity contribution in [1.29, 1.82) is 0 Å². The maximum atomic E-state index is 13.2. The monoisotopic (exact) mass is 386 g/mol. The van der Waals surface area contributed by atoms with Crippen LogP contribution in [0.1, 0.15) is 24.0 Å². The average molecular weight is 386 g/mol. The van der Waals surface area contributed by atoms with E-state index < -0.39 is 11.7 Å². The molecule has 2 aromatic carbocycles.